The minimum Gasteiger partial charge on any atom is -0.491 e. The molecule has 25 heavy (non-hydrogen) atoms. The normalized spacial score (nSPS) is 14.7. The van der Waals surface area contributed by atoms with E-state index in [-0.39, 0.29) is 12.0 Å². The minimum absolute atomic E-state index is 0.123. The Bertz CT molecular complexity index is 783. The summed E-state index contributed by atoms with van der Waals surface area (Å²) >= 11 is 1.56. The van der Waals surface area contributed by atoms with Crippen molar-refractivity contribution in [3.05, 3.63) is 46.5 Å². The maximum absolute atomic E-state index is 12.2. The molecule has 1 aliphatic rings. The molecule has 0 spiro atoms. The van der Waals surface area contributed by atoms with Crippen molar-refractivity contribution in [3.8, 4) is 5.75 Å². The minimum atomic E-state index is -0.172. The molecule has 3 rings (SSSR count). The molecule has 2 heterocycles. The Morgan fingerprint density at radius 3 is 3.08 bits per heavy atom. The number of carbonyl (C=O) groups excluding carboxylic acids is 1. The van der Waals surface area contributed by atoms with Crippen LogP contribution in [0.3, 0.4) is 0 Å². The van der Waals surface area contributed by atoms with E-state index in [4.69, 9.17) is 4.74 Å². The lowest BCUT2D eigenvalue weighted by molar-refractivity contribution is -0.111. The maximum atomic E-state index is 12.2. The van der Waals surface area contributed by atoms with Crippen molar-refractivity contribution in [2.45, 2.75) is 32.9 Å². The zero-order chi connectivity index (χ0) is 17.8. The summed E-state index contributed by atoms with van der Waals surface area (Å²) in [7, 11) is 2.10. The van der Waals surface area contributed by atoms with E-state index < -0.39 is 0 Å². The monoisotopic (exact) mass is 357 g/mol. The lowest BCUT2D eigenvalue weighted by Gasteiger charge is -2.20. The first-order valence-electron chi connectivity index (χ1n) is 8.42. The van der Waals surface area contributed by atoms with Gasteiger partial charge in [0, 0.05) is 30.5 Å². The predicted octanol–water partition coefficient (Wildman–Crippen LogP) is 3.57. The van der Waals surface area contributed by atoms with E-state index >= 15 is 0 Å². The van der Waals surface area contributed by atoms with Gasteiger partial charge in [0.05, 0.1) is 11.8 Å². The summed E-state index contributed by atoms with van der Waals surface area (Å²) in [6.07, 6.45) is 4.37. The zero-order valence-electron chi connectivity index (χ0n) is 14.8. The lowest BCUT2D eigenvalue weighted by atomic mass is 10.2. The first kappa shape index (κ1) is 17.6. The summed E-state index contributed by atoms with van der Waals surface area (Å²) in [6, 6.07) is 7.69. The van der Waals surface area contributed by atoms with Crippen molar-refractivity contribution in [2.75, 3.05) is 18.9 Å². The fourth-order valence-corrected chi connectivity index (χ4v) is 3.75. The van der Waals surface area contributed by atoms with Crippen molar-refractivity contribution in [2.24, 2.45) is 0 Å². The van der Waals surface area contributed by atoms with Gasteiger partial charge in [-0.05, 0) is 44.7 Å². The molecule has 132 valence electrons. The van der Waals surface area contributed by atoms with Crippen molar-refractivity contribution < 1.29 is 9.53 Å². The molecule has 1 amide bonds. The highest BCUT2D eigenvalue weighted by atomic mass is 32.1. The number of fused-ring (bicyclic) bond motifs is 1. The first-order chi connectivity index (χ1) is 12.0. The fourth-order valence-electron chi connectivity index (χ4n) is 2.66. The molecule has 0 unspecified atom stereocenters. The molecule has 6 heteroatoms. The van der Waals surface area contributed by atoms with Gasteiger partial charge in [-0.3, -0.25) is 10.1 Å². The number of aromatic nitrogens is 1. The number of amides is 1. The standard InChI is InChI=1S/C19H23N3O2S/c1-13(2)24-15-6-4-5-14(11-15)7-8-18(23)21-19-20-16-9-10-22(3)12-17(16)25-19/h4-8,11,13H,9-10,12H2,1-3H3,(H,20,21,23)/b8-7+. The highest BCUT2D eigenvalue weighted by Crippen LogP contribution is 2.27. The zero-order valence-corrected chi connectivity index (χ0v) is 15.6. The van der Waals surface area contributed by atoms with Crippen LogP contribution >= 0.6 is 11.3 Å². The van der Waals surface area contributed by atoms with Crippen molar-refractivity contribution in [1.82, 2.24) is 9.88 Å². The van der Waals surface area contributed by atoms with Crippen LogP contribution in [0.2, 0.25) is 0 Å². The molecule has 0 aliphatic carbocycles. The average Bonchev–Trinajstić information content (AvgIpc) is 2.94. The van der Waals surface area contributed by atoms with Crippen molar-refractivity contribution in [1.29, 1.82) is 0 Å². The number of thiazole rings is 1. The van der Waals surface area contributed by atoms with E-state index in [1.54, 1.807) is 17.4 Å². The summed E-state index contributed by atoms with van der Waals surface area (Å²) in [6.45, 7) is 5.89. The number of benzene rings is 1. The molecule has 1 aliphatic heterocycles. The van der Waals surface area contributed by atoms with E-state index in [0.717, 1.165) is 36.5 Å². The summed E-state index contributed by atoms with van der Waals surface area (Å²) in [5, 5.41) is 3.54. The molecule has 5 nitrogen and oxygen atoms in total. The number of anilines is 1. The van der Waals surface area contributed by atoms with Crippen LogP contribution in [-0.2, 0) is 17.8 Å². The SMILES string of the molecule is CC(C)Oc1cccc(/C=C/C(=O)Nc2nc3c(s2)CN(C)CC3)c1. The van der Waals surface area contributed by atoms with E-state index in [0.29, 0.717) is 5.13 Å². The Kier molecular flexibility index (Phi) is 5.50. The number of carbonyl (C=O) groups is 1. The molecule has 0 fully saturated rings. The van der Waals surface area contributed by atoms with E-state index in [1.807, 2.05) is 38.1 Å². The molecule has 0 atom stereocenters. The van der Waals surface area contributed by atoms with Gasteiger partial charge in [-0.1, -0.05) is 12.1 Å². The molecule has 0 saturated carbocycles. The third-order valence-electron chi connectivity index (χ3n) is 3.81. The average molecular weight is 357 g/mol. The molecular weight excluding hydrogens is 334 g/mol. The van der Waals surface area contributed by atoms with Crippen LogP contribution in [0.5, 0.6) is 5.75 Å². The molecule has 0 saturated heterocycles. The number of nitrogens with one attached hydrogen (secondary N) is 1. The van der Waals surface area contributed by atoms with E-state index in [2.05, 4.69) is 22.2 Å². The van der Waals surface area contributed by atoms with E-state index in [1.165, 1.54) is 11.0 Å². The molecule has 1 aromatic carbocycles. The van der Waals surface area contributed by atoms with Gasteiger partial charge < -0.3 is 9.64 Å². The number of ether oxygens (including phenoxy) is 1. The van der Waals surface area contributed by atoms with Gasteiger partial charge in [-0.25, -0.2) is 4.98 Å². The van der Waals surface area contributed by atoms with Crippen LogP contribution in [0.1, 0.15) is 30.0 Å². The smallest absolute Gasteiger partial charge is 0.250 e. The van der Waals surface area contributed by atoms with Crippen molar-refractivity contribution in [3.63, 3.8) is 0 Å². The Morgan fingerprint density at radius 2 is 2.28 bits per heavy atom. The Labute approximate surface area is 152 Å². The third-order valence-corrected chi connectivity index (χ3v) is 4.81. The highest BCUT2D eigenvalue weighted by molar-refractivity contribution is 7.15. The van der Waals surface area contributed by atoms with Crippen LogP contribution in [0.4, 0.5) is 5.13 Å². The maximum Gasteiger partial charge on any atom is 0.250 e. The Morgan fingerprint density at radius 1 is 1.44 bits per heavy atom. The molecule has 0 bridgehead atoms. The van der Waals surface area contributed by atoms with Crippen LogP contribution < -0.4 is 10.1 Å². The largest absolute Gasteiger partial charge is 0.491 e. The number of rotatable bonds is 5. The summed E-state index contributed by atoms with van der Waals surface area (Å²) in [5.41, 5.74) is 2.04. The predicted molar refractivity (Wildman–Crippen MR) is 102 cm³/mol. The second-order valence-electron chi connectivity index (χ2n) is 6.44. The third kappa shape index (κ3) is 4.90. The van der Waals surface area contributed by atoms with Gasteiger partial charge >= 0.3 is 0 Å². The van der Waals surface area contributed by atoms with Gasteiger partial charge in [-0.15, -0.1) is 11.3 Å². The van der Waals surface area contributed by atoms with Crippen LogP contribution in [0, 0.1) is 0 Å². The molecule has 2 aromatic rings. The van der Waals surface area contributed by atoms with Crippen molar-refractivity contribution >= 4 is 28.5 Å². The van der Waals surface area contributed by atoms with Crippen LogP contribution in [-0.4, -0.2) is 35.5 Å². The Balaban J connectivity index is 1.62. The molecule has 1 aromatic heterocycles. The molecule has 0 radical (unpaired) electrons. The highest BCUT2D eigenvalue weighted by Gasteiger charge is 2.18. The second kappa shape index (κ2) is 7.80. The number of hydrogen-bond acceptors (Lipinski definition) is 5. The van der Waals surface area contributed by atoms with Gasteiger partial charge in [0.25, 0.3) is 0 Å². The quantitative estimate of drug-likeness (QED) is 0.831. The number of hydrogen-bond donors (Lipinski definition) is 1. The number of nitrogens with zero attached hydrogens (tertiary/aromatic N) is 2. The van der Waals surface area contributed by atoms with Crippen LogP contribution in [0.25, 0.3) is 6.08 Å². The lowest BCUT2D eigenvalue weighted by Crippen LogP contribution is -2.25. The summed E-state index contributed by atoms with van der Waals surface area (Å²) in [4.78, 5) is 20.2. The van der Waals surface area contributed by atoms with Crippen LogP contribution in [0.15, 0.2) is 30.3 Å². The molecular formula is C19H23N3O2S. The summed E-state index contributed by atoms with van der Waals surface area (Å²) in [5.74, 6) is 0.629. The summed E-state index contributed by atoms with van der Waals surface area (Å²) < 4.78 is 5.67. The first-order valence-corrected chi connectivity index (χ1v) is 9.24. The van der Waals surface area contributed by atoms with Gasteiger partial charge in [0.1, 0.15) is 5.75 Å². The van der Waals surface area contributed by atoms with E-state index in [9.17, 15) is 4.79 Å². The molecule has 1 N–H and O–H groups in total. The van der Waals surface area contributed by atoms with Gasteiger partial charge in [-0.2, -0.15) is 0 Å². The van der Waals surface area contributed by atoms with Gasteiger partial charge in [0.2, 0.25) is 5.91 Å². The number of likely N-dealkylation sites (N-methyl/N-ethyl adjacent to an activating group) is 1. The fraction of sp³-hybridized carbons (Fsp3) is 0.368. The second-order valence-corrected chi connectivity index (χ2v) is 7.52. The topological polar surface area (TPSA) is 54.5 Å². The van der Waals surface area contributed by atoms with Gasteiger partial charge in [0.15, 0.2) is 5.13 Å². The Hall–Kier alpha value is -2.18.